The van der Waals surface area contributed by atoms with Crippen LogP contribution >= 0.6 is 0 Å². The zero-order valence-corrected chi connectivity index (χ0v) is 14.3. The van der Waals surface area contributed by atoms with Gasteiger partial charge in [-0.3, -0.25) is 4.21 Å². The van der Waals surface area contributed by atoms with Crippen LogP contribution in [0.1, 0.15) is 51.0 Å². The third-order valence-electron chi connectivity index (χ3n) is 3.84. The molecule has 0 aliphatic carbocycles. The van der Waals surface area contributed by atoms with E-state index in [-0.39, 0.29) is 6.04 Å². The summed E-state index contributed by atoms with van der Waals surface area (Å²) in [5, 5.41) is 0. The number of rotatable bonds is 10. The van der Waals surface area contributed by atoms with E-state index in [0.717, 1.165) is 17.7 Å². The second kappa shape index (κ2) is 9.78. The molecule has 3 nitrogen and oxygen atoms in total. The summed E-state index contributed by atoms with van der Waals surface area (Å²) >= 11 is 0. The van der Waals surface area contributed by atoms with Crippen LogP contribution in [0.15, 0.2) is 35.3 Å². The summed E-state index contributed by atoms with van der Waals surface area (Å²) in [5.74, 6) is 2.13. The normalized spacial score (nSPS) is 18.8. The highest BCUT2D eigenvalue weighted by Gasteiger charge is 2.21. The number of benzene rings is 1. The van der Waals surface area contributed by atoms with E-state index < -0.39 is 10.8 Å². The van der Waals surface area contributed by atoms with Gasteiger partial charge in [0.2, 0.25) is 5.90 Å². The van der Waals surface area contributed by atoms with Crippen molar-refractivity contribution in [1.82, 2.24) is 0 Å². The molecule has 0 amide bonds. The summed E-state index contributed by atoms with van der Waals surface area (Å²) in [5.41, 5.74) is 1.01. The van der Waals surface area contributed by atoms with E-state index in [1.807, 2.05) is 30.3 Å². The summed E-state index contributed by atoms with van der Waals surface area (Å²) in [6.45, 7) is 2.79. The van der Waals surface area contributed by atoms with Crippen LogP contribution in [0.25, 0.3) is 0 Å². The number of ether oxygens (including phenoxy) is 1. The number of unbranched alkanes of at least 4 members (excludes halogenated alkanes) is 5. The first-order valence-corrected chi connectivity index (χ1v) is 9.89. The van der Waals surface area contributed by atoms with Crippen molar-refractivity contribution in [3.63, 3.8) is 0 Å². The molecule has 0 unspecified atom stereocenters. The van der Waals surface area contributed by atoms with Crippen LogP contribution in [0.2, 0.25) is 0 Å². The van der Waals surface area contributed by atoms with Crippen LogP contribution in [0.3, 0.4) is 0 Å². The van der Waals surface area contributed by atoms with Gasteiger partial charge in [-0.25, -0.2) is 4.99 Å². The molecule has 0 bridgehead atoms. The Morgan fingerprint density at radius 3 is 2.64 bits per heavy atom. The Morgan fingerprint density at radius 1 is 1.14 bits per heavy atom. The highest BCUT2D eigenvalue weighted by Crippen LogP contribution is 2.13. The molecular formula is C18H27NO2S. The van der Waals surface area contributed by atoms with E-state index in [0.29, 0.717) is 18.3 Å². The standard InChI is InChI=1S/C18H27NO2S/c1-2-3-4-5-6-10-13-22(20)15-17-14-21-18(19-17)16-11-8-7-9-12-16/h7-9,11-12,17H,2-6,10,13-15H2,1H3/t17-,22-/m0/s1. The van der Waals surface area contributed by atoms with Gasteiger partial charge < -0.3 is 4.74 Å². The Labute approximate surface area is 136 Å². The lowest BCUT2D eigenvalue weighted by Gasteiger charge is -2.05. The molecule has 0 aromatic heterocycles. The molecule has 0 N–H and O–H groups in total. The molecule has 1 aliphatic rings. The largest absolute Gasteiger partial charge is 0.475 e. The van der Waals surface area contributed by atoms with Gasteiger partial charge in [0.15, 0.2) is 0 Å². The van der Waals surface area contributed by atoms with E-state index >= 15 is 0 Å². The minimum Gasteiger partial charge on any atom is -0.475 e. The molecule has 0 radical (unpaired) electrons. The monoisotopic (exact) mass is 321 g/mol. The van der Waals surface area contributed by atoms with Crippen LogP contribution < -0.4 is 0 Å². The molecule has 1 aromatic carbocycles. The topological polar surface area (TPSA) is 38.7 Å². The summed E-state index contributed by atoms with van der Waals surface area (Å²) < 4.78 is 17.8. The van der Waals surface area contributed by atoms with Crippen molar-refractivity contribution >= 4 is 16.7 Å². The molecular weight excluding hydrogens is 294 g/mol. The Hall–Kier alpha value is -1.16. The summed E-state index contributed by atoms with van der Waals surface area (Å²) in [6, 6.07) is 9.97. The highest BCUT2D eigenvalue weighted by molar-refractivity contribution is 7.85. The molecule has 2 rings (SSSR count). The highest BCUT2D eigenvalue weighted by atomic mass is 32.2. The maximum atomic E-state index is 12.1. The summed E-state index contributed by atoms with van der Waals surface area (Å²) in [4.78, 5) is 4.57. The second-order valence-corrected chi connectivity index (χ2v) is 7.46. The van der Waals surface area contributed by atoms with Crippen molar-refractivity contribution < 1.29 is 8.95 Å². The molecule has 0 spiro atoms. The van der Waals surface area contributed by atoms with Crippen molar-refractivity contribution in [2.45, 2.75) is 51.5 Å². The third kappa shape index (κ3) is 5.91. The van der Waals surface area contributed by atoms with E-state index in [2.05, 4.69) is 11.9 Å². The quantitative estimate of drug-likeness (QED) is 0.612. The molecule has 1 aromatic rings. The van der Waals surface area contributed by atoms with Crippen LogP contribution in [-0.4, -0.2) is 34.3 Å². The molecule has 122 valence electrons. The summed E-state index contributed by atoms with van der Waals surface area (Å²) in [6.07, 6.45) is 7.44. The molecule has 2 atom stereocenters. The van der Waals surface area contributed by atoms with Crippen molar-refractivity contribution in [3.05, 3.63) is 35.9 Å². The Morgan fingerprint density at radius 2 is 1.86 bits per heavy atom. The fourth-order valence-electron chi connectivity index (χ4n) is 2.58. The fourth-order valence-corrected chi connectivity index (χ4v) is 3.87. The van der Waals surface area contributed by atoms with E-state index in [4.69, 9.17) is 4.74 Å². The van der Waals surface area contributed by atoms with Gasteiger partial charge in [-0.2, -0.15) is 0 Å². The lowest BCUT2D eigenvalue weighted by Crippen LogP contribution is -2.18. The van der Waals surface area contributed by atoms with E-state index in [9.17, 15) is 4.21 Å². The van der Waals surface area contributed by atoms with Crippen molar-refractivity contribution in [1.29, 1.82) is 0 Å². The van der Waals surface area contributed by atoms with Gasteiger partial charge >= 0.3 is 0 Å². The van der Waals surface area contributed by atoms with Gasteiger partial charge in [-0.15, -0.1) is 0 Å². The van der Waals surface area contributed by atoms with Crippen LogP contribution in [0.5, 0.6) is 0 Å². The molecule has 4 heteroatoms. The van der Waals surface area contributed by atoms with Gasteiger partial charge in [-0.05, 0) is 18.6 Å². The van der Waals surface area contributed by atoms with E-state index in [1.54, 1.807) is 0 Å². The smallest absolute Gasteiger partial charge is 0.216 e. The van der Waals surface area contributed by atoms with E-state index in [1.165, 1.54) is 32.1 Å². The van der Waals surface area contributed by atoms with Crippen LogP contribution in [0.4, 0.5) is 0 Å². The predicted octanol–water partition coefficient (Wildman–Crippen LogP) is 3.94. The Balaban J connectivity index is 1.66. The van der Waals surface area contributed by atoms with Crippen LogP contribution in [-0.2, 0) is 15.5 Å². The summed E-state index contributed by atoms with van der Waals surface area (Å²) in [7, 11) is -0.775. The maximum Gasteiger partial charge on any atom is 0.216 e. The lowest BCUT2D eigenvalue weighted by atomic mass is 10.1. The predicted molar refractivity (Wildman–Crippen MR) is 94.0 cm³/mol. The first-order chi connectivity index (χ1) is 10.8. The minimum atomic E-state index is -0.775. The number of hydrogen-bond donors (Lipinski definition) is 0. The first kappa shape index (κ1) is 17.2. The first-order valence-electron chi connectivity index (χ1n) is 8.40. The minimum absolute atomic E-state index is 0.0520. The zero-order chi connectivity index (χ0) is 15.6. The fraction of sp³-hybridized carbons (Fsp3) is 0.611. The third-order valence-corrected chi connectivity index (χ3v) is 5.34. The molecule has 22 heavy (non-hydrogen) atoms. The molecule has 1 aliphatic heterocycles. The average Bonchev–Trinajstić information content (AvgIpc) is 3.00. The lowest BCUT2D eigenvalue weighted by molar-refractivity contribution is 0.325. The zero-order valence-electron chi connectivity index (χ0n) is 13.5. The van der Waals surface area contributed by atoms with Gasteiger partial charge in [0.05, 0.1) is 6.04 Å². The van der Waals surface area contributed by atoms with Gasteiger partial charge in [0.1, 0.15) is 6.61 Å². The second-order valence-electron chi connectivity index (χ2n) is 5.84. The van der Waals surface area contributed by atoms with Crippen LogP contribution in [0, 0.1) is 0 Å². The number of hydrogen-bond acceptors (Lipinski definition) is 3. The van der Waals surface area contributed by atoms with Crippen molar-refractivity contribution in [3.8, 4) is 0 Å². The Kier molecular flexibility index (Phi) is 7.64. The van der Waals surface area contributed by atoms with Gasteiger partial charge in [0.25, 0.3) is 0 Å². The average molecular weight is 321 g/mol. The Bertz CT molecular complexity index is 487. The number of nitrogens with zero attached hydrogens (tertiary/aromatic N) is 1. The van der Waals surface area contributed by atoms with Gasteiger partial charge in [-0.1, -0.05) is 57.2 Å². The molecule has 0 saturated carbocycles. The SMILES string of the molecule is CCCCCCCC[S@](=O)C[C@@H]1COC(c2ccccc2)=N1. The van der Waals surface area contributed by atoms with Gasteiger partial charge in [0, 0.05) is 27.9 Å². The van der Waals surface area contributed by atoms with Crippen molar-refractivity contribution in [2.24, 2.45) is 4.99 Å². The maximum absolute atomic E-state index is 12.1. The molecule has 0 saturated heterocycles. The van der Waals surface area contributed by atoms with Crippen molar-refractivity contribution in [2.75, 3.05) is 18.1 Å². The number of aliphatic imine (C=N–C) groups is 1. The molecule has 1 heterocycles. The molecule has 0 fully saturated rings.